The molecule has 4 heteroatoms. The lowest BCUT2D eigenvalue weighted by atomic mass is 9.82. The molecule has 0 saturated carbocycles. The molecule has 2 aromatic heterocycles. The lowest BCUT2D eigenvalue weighted by molar-refractivity contribution is 0.658. The van der Waals surface area contributed by atoms with Crippen LogP contribution in [0, 0.1) is 0 Å². The van der Waals surface area contributed by atoms with E-state index in [1.54, 1.807) is 0 Å². The van der Waals surface area contributed by atoms with Gasteiger partial charge in [0.25, 0.3) is 0 Å². The maximum absolute atomic E-state index is 4.96. The van der Waals surface area contributed by atoms with Crippen LogP contribution in [-0.4, -0.2) is 9.55 Å². The monoisotopic (exact) mass is 592 g/mol. The molecule has 0 spiro atoms. The summed E-state index contributed by atoms with van der Waals surface area (Å²) < 4.78 is 2.47. The van der Waals surface area contributed by atoms with Gasteiger partial charge < -0.3 is 4.57 Å². The smallest absolute Gasteiger partial charge is 0.0703 e. The highest BCUT2D eigenvalue weighted by molar-refractivity contribution is 8.05. The van der Waals surface area contributed by atoms with Crippen molar-refractivity contribution in [1.82, 2.24) is 9.55 Å². The average Bonchev–Trinajstić information content (AvgIpc) is 3.47. The largest absolute Gasteiger partial charge is 0.307 e. The summed E-state index contributed by atoms with van der Waals surface area (Å²) in [7, 11) is 0. The molecule has 1 aliphatic heterocycles. The molecule has 6 aromatic rings. The number of benzene rings is 4. The molecule has 8 rings (SSSR count). The Morgan fingerprint density at radius 3 is 2.19 bits per heavy atom. The fourth-order valence-corrected chi connectivity index (χ4v) is 9.25. The first-order chi connectivity index (χ1) is 21.0. The number of aromatic nitrogens is 2. The molecule has 2 nitrogen and oxygen atoms in total. The van der Waals surface area contributed by atoms with Crippen LogP contribution in [0.1, 0.15) is 50.1 Å². The van der Waals surface area contributed by atoms with Gasteiger partial charge in [-0.2, -0.15) is 0 Å². The minimum Gasteiger partial charge on any atom is -0.307 e. The van der Waals surface area contributed by atoms with E-state index in [0.29, 0.717) is 0 Å². The number of pyridine rings is 1. The summed E-state index contributed by atoms with van der Waals surface area (Å²) in [5.74, 6) is 0. The number of fused-ring (bicyclic) bond motifs is 7. The predicted molar refractivity (Wildman–Crippen MR) is 183 cm³/mol. The normalized spacial score (nSPS) is 14.5. The summed E-state index contributed by atoms with van der Waals surface area (Å²) >= 11 is 3.81. The topological polar surface area (TPSA) is 17.8 Å². The van der Waals surface area contributed by atoms with Crippen molar-refractivity contribution in [3.8, 4) is 28.1 Å². The van der Waals surface area contributed by atoms with E-state index >= 15 is 0 Å². The number of hydrogen-bond donors (Lipinski definition) is 0. The molecule has 4 aromatic carbocycles. The van der Waals surface area contributed by atoms with Crippen LogP contribution >= 0.6 is 23.5 Å². The van der Waals surface area contributed by atoms with Gasteiger partial charge in [-0.05, 0) is 78.1 Å². The highest BCUT2D eigenvalue weighted by atomic mass is 32.2. The number of nitrogens with zero attached hydrogens (tertiary/aromatic N) is 2. The van der Waals surface area contributed by atoms with Crippen LogP contribution in [-0.2, 0) is 11.8 Å². The van der Waals surface area contributed by atoms with Gasteiger partial charge in [0.15, 0.2) is 0 Å². The van der Waals surface area contributed by atoms with Crippen molar-refractivity contribution in [3.05, 3.63) is 126 Å². The Bertz CT molecular complexity index is 2080. The first-order valence-electron chi connectivity index (χ1n) is 15.0. The van der Waals surface area contributed by atoms with Crippen molar-refractivity contribution >= 4 is 40.5 Å². The van der Waals surface area contributed by atoms with E-state index in [9.17, 15) is 0 Å². The van der Waals surface area contributed by atoms with Crippen LogP contribution in [0.3, 0.4) is 0 Å². The first kappa shape index (κ1) is 26.6. The Labute approximate surface area is 261 Å². The third-order valence-electron chi connectivity index (χ3n) is 9.02. The number of aryl methyl sites for hydroxylation is 1. The van der Waals surface area contributed by atoms with Crippen molar-refractivity contribution < 1.29 is 0 Å². The summed E-state index contributed by atoms with van der Waals surface area (Å²) in [6, 6.07) is 33.3. The molecule has 0 radical (unpaired) electrons. The Balaban J connectivity index is 1.40. The third kappa shape index (κ3) is 4.00. The Kier molecular flexibility index (Phi) is 6.22. The van der Waals surface area contributed by atoms with Gasteiger partial charge in [0.1, 0.15) is 0 Å². The van der Waals surface area contributed by atoms with E-state index < -0.39 is 0 Å². The van der Waals surface area contributed by atoms with E-state index in [0.717, 1.165) is 23.4 Å². The highest BCUT2D eigenvalue weighted by Crippen LogP contribution is 2.57. The maximum Gasteiger partial charge on any atom is 0.0703 e. The quantitative estimate of drug-likeness (QED) is 0.202. The molecule has 0 saturated heterocycles. The molecule has 2 aliphatic rings. The van der Waals surface area contributed by atoms with E-state index in [1.165, 1.54) is 64.0 Å². The second-order valence-electron chi connectivity index (χ2n) is 11.8. The zero-order valence-corrected chi connectivity index (χ0v) is 26.4. The van der Waals surface area contributed by atoms with Gasteiger partial charge in [-0.1, -0.05) is 105 Å². The molecule has 0 N–H and O–H groups in total. The molecule has 0 unspecified atom stereocenters. The number of rotatable bonds is 4. The minimum absolute atomic E-state index is 0.103. The maximum atomic E-state index is 4.96. The second-order valence-corrected chi connectivity index (χ2v) is 14.0. The van der Waals surface area contributed by atoms with Gasteiger partial charge in [0.2, 0.25) is 0 Å². The van der Waals surface area contributed by atoms with E-state index in [1.807, 2.05) is 35.8 Å². The molecule has 210 valence electrons. The molecular weight excluding hydrogens is 561 g/mol. The van der Waals surface area contributed by atoms with Crippen molar-refractivity contribution in [2.75, 3.05) is 0 Å². The molecular formula is C39H32N2S2. The van der Waals surface area contributed by atoms with Gasteiger partial charge in [-0.15, -0.1) is 0 Å². The predicted octanol–water partition coefficient (Wildman–Crippen LogP) is 11.2. The third-order valence-corrected chi connectivity index (χ3v) is 11.5. The fraction of sp³-hybridized carbons (Fsp3) is 0.154. The molecule has 3 heterocycles. The van der Waals surface area contributed by atoms with Crippen LogP contribution in [0.5, 0.6) is 0 Å². The van der Waals surface area contributed by atoms with Crippen molar-refractivity contribution in [3.63, 3.8) is 0 Å². The van der Waals surface area contributed by atoms with E-state index in [-0.39, 0.29) is 5.41 Å². The van der Waals surface area contributed by atoms with Crippen LogP contribution < -0.4 is 0 Å². The zero-order chi connectivity index (χ0) is 29.3. The number of allylic oxidation sites excluding steroid dienone is 1. The van der Waals surface area contributed by atoms with Gasteiger partial charge in [-0.3, -0.25) is 4.98 Å². The number of hydrogen-bond acceptors (Lipinski definition) is 3. The summed E-state index contributed by atoms with van der Waals surface area (Å²) in [4.78, 5) is 10.4. The van der Waals surface area contributed by atoms with Gasteiger partial charge in [0, 0.05) is 47.2 Å². The zero-order valence-electron chi connectivity index (χ0n) is 24.8. The van der Waals surface area contributed by atoms with Gasteiger partial charge >= 0.3 is 0 Å². The van der Waals surface area contributed by atoms with Crippen molar-refractivity contribution in [1.29, 1.82) is 0 Å². The molecule has 0 atom stereocenters. The second kappa shape index (κ2) is 10.0. The van der Waals surface area contributed by atoms with Crippen LogP contribution in [0.25, 0.3) is 45.1 Å². The molecule has 0 amide bonds. The molecule has 43 heavy (non-hydrogen) atoms. The fourth-order valence-electron chi connectivity index (χ4n) is 6.97. The Hall–Kier alpha value is -3.99. The van der Waals surface area contributed by atoms with Crippen LogP contribution in [0.2, 0.25) is 0 Å². The van der Waals surface area contributed by atoms with Gasteiger partial charge in [0.05, 0.1) is 23.1 Å². The SMILES string of the molecule is C/C=C\c1c(CC)c2ccc3c(c2n1-c1ccc(-c2ccccc2)nc1)-c1cc2c(cc1C3(C)C)Sc1ccccc1S2. The van der Waals surface area contributed by atoms with Crippen LogP contribution in [0.4, 0.5) is 0 Å². The minimum atomic E-state index is -0.103. The van der Waals surface area contributed by atoms with Crippen molar-refractivity contribution in [2.45, 2.75) is 59.1 Å². The Morgan fingerprint density at radius 2 is 1.51 bits per heavy atom. The molecule has 0 bridgehead atoms. The molecule has 0 fully saturated rings. The van der Waals surface area contributed by atoms with Crippen LogP contribution in [0.15, 0.2) is 123 Å². The van der Waals surface area contributed by atoms with Crippen molar-refractivity contribution in [2.24, 2.45) is 0 Å². The van der Waals surface area contributed by atoms with Gasteiger partial charge in [-0.25, -0.2) is 0 Å². The lowest BCUT2D eigenvalue weighted by Gasteiger charge is -2.24. The summed E-state index contributed by atoms with van der Waals surface area (Å²) in [6.07, 6.45) is 7.44. The summed E-state index contributed by atoms with van der Waals surface area (Å²) in [5.41, 5.74) is 12.6. The van der Waals surface area contributed by atoms with E-state index in [4.69, 9.17) is 4.98 Å². The first-order valence-corrected chi connectivity index (χ1v) is 16.6. The summed E-state index contributed by atoms with van der Waals surface area (Å²) in [6.45, 7) is 9.17. The Morgan fingerprint density at radius 1 is 0.791 bits per heavy atom. The lowest BCUT2D eigenvalue weighted by Crippen LogP contribution is -2.15. The standard InChI is InChI=1S/C39H32N2S2/c1-5-12-32-26(6-2)27-18-19-29-37(38(27)41(32)25-17-20-31(40-23-25)24-13-8-7-9-14-24)28-21-35-36(22-30(28)39(29,3)4)43-34-16-11-10-15-33(34)42-35/h5,7-23H,6H2,1-4H3/b12-5-. The molecule has 1 aliphatic carbocycles. The van der Waals surface area contributed by atoms with E-state index in [2.05, 4.69) is 129 Å². The summed E-state index contributed by atoms with van der Waals surface area (Å²) in [5, 5.41) is 1.33. The average molecular weight is 593 g/mol. The highest BCUT2D eigenvalue weighted by Gasteiger charge is 2.39.